The van der Waals surface area contributed by atoms with E-state index in [-0.39, 0.29) is 31.1 Å². The summed E-state index contributed by atoms with van der Waals surface area (Å²) in [4.78, 5) is 12.5. The zero-order chi connectivity index (χ0) is 13.0. The Morgan fingerprint density at radius 1 is 1.32 bits per heavy atom. The molecule has 0 radical (unpaired) electrons. The van der Waals surface area contributed by atoms with Crippen LogP contribution in [0, 0.1) is 0 Å². The highest BCUT2D eigenvalue weighted by atomic mass is 16.7. The van der Waals surface area contributed by atoms with Gasteiger partial charge in [0.2, 0.25) is 5.88 Å². The van der Waals surface area contributed by atoms with Crippen LogP contribution < -0.4 is 4.74 Å². The molecular formula is C11H12N4O4. The van der Waals surface area contributed by atoms with Crippen LogP contribution in [0.15, 0.2) is 12.7 Å². The standard InChI is InChI=1S/C11H12N4O4/c1-17-10-6-9(12-3-13-10)15(4-14-6)11-8-7(19-8)5(2-16)18-11/h3-5,7-8,11,16H,2H2,1H3/t5-,7+,8-,11-/m1/s1. The van der Waals surface area contributed by atoms with Crippen LogP contribution in [0.3, 0.4) is 0 Å². The molecule has 0 unspecified atom stereocenters. The Kier molecular flexibility index (Phi) is 2.25. The molecule has 2 aliphatic heterocycles. The summed E-state index contributed by atoms with van der Waals surface area (Å²) in [6.07, 6.45) is 2.38. The van der Waals surface area contributed by atoms with E-state index in [1.54, 1.807) is 10.9 Å². The first kappa shape index (κ1) is 11.1. The Labute approximate surface area is 108 Å². The molecule has 0 aromatic carbocycles. The van der Waals surface area contributed by atoms with E-state index < -0.39 is 0 Å². The van der Waals surface area contributed by atoms with Gasteiger partial charge in [0.25, 0.3) is 0 Å². The van der Waals surface area contributed by atoms with Gasteiger partial charge in [0, 0.05) is 0 Å². The molecule has 2 aliphatic rings. The fraction of sp³-hybridized carbons (Fsp3) is 0.545. The molecule has 8 nitrogen and oxygen atoms in total. The van der Waals surface area contributed by atoms with E-state index >= 15 is 0 Å². The molecule has 4 rings (SSSR count). The Morgan fingerprint density at radius 2 is 2.21 bits per heavy atom. The quantitative estimate of drug-likeness (QED) is 0.746. The van der Waals surface area contributed by atoms with Gasteiger partial charge in [-0.25, -0.2) is 9.97 Å². The SMILES string of the molecule is COc1ncnc2c1ncn2[C@@H]1O[C@H](CO)[C@@H]2O[C@H]21. The van der Waals surface area contributed by atoms with E-state index in [1.807, 2.05) is 0 Å². The van der Waals surface area contributed by atoms with Gasteiger partial charge in [0.15, 0.2) is 17.4 Å². The number of methoxy groups -OCH3 is 1. The minimum Gasteiger partial charge on any atom is -0.479 e. The van der Waals surface area contributed by atoms with Crippen LogP contribution in [0.25, 0.3) is 11.2 Å². The van der Waals surface area contributed by atoms with Crippen LogP contribution in [-0.4, -0.2) is 56.7 Å². The van der Waals surface area contributed by atoms with Crippen molar-refractivity contribution in [1.82, 2.24) is 19.5 Å². The number of epoxide rings is 1. The van der Waals surface area contributed by atoms with E-state index in [1.165, 1.54) is 13.4 Å². The van der Waals surface area contributed by atoms with E-state index in [9.17, 15) is 5.11 Å². The second kappa shape index (κ2) is 3.86. The summed E-state index contributed by atoms with van der Waals surface area (Å²) in [5.41, 5.74) is 1.21. The number of nitrogens with zero attached hydrogens (tertiary/aromatic N) is 4. The highest BCUT2D eigenvalue weighted by molar-refractivity contribution is 5.76. The molecule has 100 valence electrons. The van der Waals surface area contributed by atoms with E-state index in [4.69, 9.17) is 14.2 Å². The molecule has 4 heterocycles. The molecular weight excluding hydrogens is 252 g/mol. The van der Waals surface area contributed by atoms with Crippen LogP contribution >= 0.6 is 0 Å². The molecule has 0 saturated carbocycles. The molecule has 0 amide bonds. The summed E-state index contributed by atoms with van der Waals surface area (Å²) in [6, 6.07) is 0. The molecule has 0 bridgehead atoms. The fourth-order valence-corrected chi connectivity index (χ4v) is 2.54. The van der Waals surface area contributed by atoms with E-state index in [0.29, 0.717) is 17.0 Å². The molecule has 2 aromatic rings. The number of imidazole rings is 1. The van der Waals surface area contributed by atoms with Gasteiger partial charge >= 0.3 is 0 Å². The Bertz CT molecular complexity index is 630. The van der Waals surface area contributed by atoms with Gasteiger partial charge in [-0.05, 0) is 0 Å². The lowest BCUT2D eigenvalue weighted by Gasteiger charge is -2.17. The number of ether oxygens (including phenoxy) is 3. The van der Waals surface area contributed by atoms with E-state index in [0.717, 1.165) is 0 Å². The molecule has 4 atom stereocenters. The lowest BCUT2D eigenvalue weighted by molar-refractivity contribution is -0.0823. The van der Waals surface area contributed by atoms with Gasteiger partial charge in [-0.15, -0.1) is 0 Å². The second-order valence-electron chi connectivity index (χ2n) is 4.52. The molecule has 2 aromatic heterocycles. The van der Waals surface area contributed by atoms with Crippen molar-refractivity contribution in [2.24, 2.45) is 0 Å². The molecule has 0 aliphatic carbocycles. The number of hydrogen-bond donors (Lipinski definition) is 1. The van der Waals surface area contributed by atoms with Crippen molar-refractivity contribution in [3.8, 4) is 5.88 Å². The van der Waals surface area contributed by atoms with Gasteiger partial charge in [-0.1, -0.05) is 0 Å². The van der Waals surface area contributed by atoms with Gasteiger partial charge in [-0.2, -0.15) is 4.98 Å². The third-order valence-corrected chi connectivity index (χ3v) is 3.50. The summed E-state index contributed by atoms with van der Waals surface area (Å²) in [5.74, 6) is 0.425. The summed E-state index contributed by atoms with van der Waals surface area (Å²) in [6.45, 7) is -0.0530. The van der Waals surface area contributed by atoms with Crippen LogP contribution in [0.1, 0.15) is 6.23 Å². The van der Waals surface area contributed by atoms with Crippen LogP contribution in [-0.2, 0) is 9.47 Å². The largest absolute Gasteiger partial charge is 0.479 e. The lowest BCUT2D eigenvalue weighted by Crippen LogP contribution is -2.22. The molecule has 8 heteroatoms. The summed E-state index contributed by atoms with van der Waals surface area (Å²) in [7, 11) is 1.54. The van der Waals surface area contributed by atoms with Crippen LogP contribution in [0.2, 0.25) is 0 Å². The minimum absolute atomic E-state index is 0.0313. The Morgan fingerprint density at radius 3 is 2.95 bits per heavy atom. The monoisotopic (exact) mass is 264 g/mol. The first-order valence-corrected chi connectivity index (χ1v) is 5.97. The van der Waals surface area contributed by atoms with Gasteiger partial charge in [0.1, 0.15) is 24.6 Å². The molecule has 1 N–H and O–H groups in total. The topological polar surface area (TPSA) is 94.8 Å². The normalized spacial score (nSPS) is 32.5. The predicted molar refractivity (Wildman–Crippen MR) is 61.5 cm³/mol. The summed E-state index contributed by atoms with van der Waals surface area (Å²) in [5, 5.41) is 9.20. The maximum absolute atomic E-state index is 9.20. The van der Waals surface area contributed by atoms with Crippen molar-refractivity contribution in [3.05, 3.63) is 12.7 Å². The first-order chi connectivity index (χ1) is 9.33. The highest BCUT2D eigenvalue weighted by Crippen LogP contribution is 2.45. The summed E-state index contributed by atoms with van der Waals surface area (Å²) >= 11 is 0. The van der Waals surface area contributed by atoms with Gasteiger partial charge in [-0.3, -0.25) is 4.57 Å². The zero-order valence-electron chi connectivity index (χ0n) is 10.1. The maximum Gasteiger partial charge on any atom is 0.245 e. The molecule has 19 heavy (non-hydrogen) atoms. The number of rotatable bonds is 3. The number of aliphatic hydroxyl groups is 1. The number of aromatic nitrogens is 4. The Hall–Kier alpha value is -1.77. The highest BCUT2D eigenvalue weighted by Gasteiger charge is 2.58. The van der Waals surface area contributed by atoms with Crippen molar-refractivity contribution >= 4 is 11.2 Å². The smallest absolute Gasteiger partial charge is 0.245 e. The van der Waals surface area contributed by atoms with Gasteiger partial charge < -0.3 is 19.3 Å². The number of fused-ring (bicyclic) bond motifs is 2. The predicted octanol–water partition coefficient (Wildman–Crippen LogP) is -0.508. The van der Waals surface area contributed by atoms with Crippen LogP contribution in [0.4, 0.5) is 0 Å². The number of hydrogen-bond acceptors (Lipinski definition) is 7. The van der Waals surface area contributed by atoms with Crippen LogP contribution in [0.5, 0.6) is 5.88 Å². The molecule has 0 spiro atoms. The fourth-order valence-electron chi connectivity index (χ4n) is 2.54. The Balaban J connectivity index is 1.76. The van der Waals surface area contributed by atoms with Crippen molar-refractivity contribution in [2.75, 3.05) is 13.7 Å². The average Bonchev–Trinajstić information content (AvgIpc) is 2.97. The zero-order valence-corrected chi connectivity index (χ0v) is 10.1. The number of aliphatic hydroxyl groups excluding tert-OH is 1. The summed E-state index contributed by atoms with van der Waals surface area (Å²) < 4.78 is 18.2. The van der Waals surface area contributed by atoms with Crippen molar-refractivity contribution in [2.45, 2.75) is 24.5 Å². The molecule has 2 saturated heterocycles. The van der Waals surface area contributed by atoms with Crippen molar-refractivity contribution < 1.29 is 19.3 Å². The maximum atomic E-state index is 9.20. The lowest BCUT2D eigenvalue weighted by atomic mass is 10.2. The first-order valence-electron chi connectivity index (χ1n) is 5.97. The van der Waals surface area contributed by atoms with E-state index in [2.05, 4.69) is 15.0 Å². The third kappa shape index (κ3) is 1.47. The van der Waals surface area contributed by atoms with Crippen molar-refractivity contribution in [3.63, 3.8) is 0 Å². The molecule has 2 fully saturated rings. The average molecular weight is 264 g/mol. The van der Waals surface area contributed by atoms with Crippen molar-refractivity contribution in [1.29, 1.82) is 0 Å². The third-order valence-electron chi connectivity index (χ3n) is 3.50. The minimum atomic E-state index is -0.313. The van der Waals surface area contributed by atoms with Gasteiger partial charge in [0.05, 0.1) is 20.0 Å². The second-order valence-corrected chi connectivity index (χ2v) is 4.52.